The highest BCUT2D eigenvalue weighted by molar-refractivity contribution is 5.98. The van der Waals surface area contributed by atoms with Gasteiger partial charge in [-0.15, -0.1) is 0 Å². The Morgan fingerprint density at radius 1 is 0.400 bits per heavy atom. The first-order valence-corrected chi connectivity index (χ1v) is 37.3. The first-order valence-electron chi connectivity index (χ1n) is 37.3. The van der Waals surface area contributed by atoms with Crippen LogP contribution >= 0.6 is 0 Å². The lowest BCUT2D eigenvalue weighted by atomic mass is 9.75. The Bertz CT molecular complexity index is 5380. The van der Waals surface area contributed by atoms with E-state index in [1.165, 1.54) is 64.8 Å². The van der Waals surface area contributed by atoms with E-state index in [1.54, 1.807) is 117 Å². The first-order chi connectivity index (χ1) is 55.1. The summed E-state index contributed by atoms with van der Waals surface area (Å²) in [7, 11) is 5.37. The molecule has 6 atom stereocenters. The molecule has 0 saturated heterocycles. The monoisotopic (exact) mass is 1570 g/mol. The maximum atomic E-state index is 14.2. The lowest BCUT2D eigenvalue weighted by molar-refractivity contribution is -0.148. The Morgan fingerprint density at radius 2 is 0.713 bits per heavy atom. The van der Waals surface area contributed by atoms with Crippen molar-refractivity contribution in [3.05, 3.63) is 319 Å². The molecule has 11 aromatic rings. The number of Topliss-reactive ketones (excluding diaryl/α,β-unsaturated/α-hetero) is 2. The first kappa shape index (κ1) is 82.1. The van der Waals surface area contributed by atoms with E-state index in [-0.39, 0.29) is 66.5 Å². The quantitative estimate of drug-likeness (QED) is 0.0300. The predicted molar refractivity (Wildman–Crippen MR) is 415 cm³/mol. The second kappa shape index (κ2) is 33.8. The molecule has 0 aliphatic heterocycles. The number of carbonyl (C=O) groups excluding carboxylic acids is 6. The van der Waals surface area contributed by atoms with E-state index in [4.69, 9.17) is 18.9 Å². The van der Waals surface area contributed by atoms with Gasteiger partial charge >= 0.3 is 23.9 Å². The number of rotatable bonds is 14. The van der Waals surface area contributed by atoms with Crippen molar-refractivity contribution in [1.82, 2.24) is 34.8 Å². The topological polar surface area (TPSA) is 262 Å². The van der Waals surface area contributed by atoms with Crippen LogP contribution in [-0.2, 0) is 118 Å². The normalized spacial score (nSPS) is 20.6. The van der Waals surface area contributed by atoms with Crippen molar-refractivity contribution in [3.8, 4) is 17.1 Å². The molecule has 20 nitrogen and oxygen atoms in total. The highest BCUT2D eigenvalue weighted by atomic mass is 19.1. The van der Waals surface area contributed by atoms with E-state index in [9.17, 15) is 65.8 Å². The van der Waals surface area contributed by atoms with Crippen LogP contribution in [0.2, 0.25) is 0 Å². The number of nitrogens with one attached hydrogen (secondary N) is 1. The number of amides is 1. The Labute approximate surface area is 660 Å². The fraction of sp³-hybridized carbons (Fsp3) is 0.289. The largest absolute Gasteiger partial charge is 0.481 e. The number of nitrogens with zero attached hydrogens (tertiary/aromatic N) is 6. The molecular formula is C90H86F5N7O13. The number of benzene rings is 8. The summed E-state index contributed by atoms with van der Waals surface area (Å²) in [6.07, 6.45) is 7.75. The predicted octanol–water partition coefficient (Wildman–Crippen LogP) is 14.1. The maximum Gasteiger partial charge on any atom is 0.317 e. The molecule has 2 fully saturated rings. The minimum atomic E-state index is -1.16. The highest BCUT2D eigenvalue weighted by Crippen LogP contribution is 2.48. The highest BCUT2D eigenvalue weighted by Gasteiger charge is 2.55. The lowest BCUT2D eigenvalue weighted by Gasteiger charge is -2.29. The summed E-state index contributed by atoms with van der Waals surface area (Å²) in [6.45, 7) is 8.23. The zero-order chi connectivity index (χ0) is 82.5. The molecule has 16 rings (SSSR count). The molecule has 8 aromatic carbocycles. The van der Waals surface area contributed by atoms with Crippen molar-refractivity contribution in [2.24, 2.45) is 0 Å². The third kappa shape index (κ3) is 15.2. The lowest BCUT2D eigenvalue weighted by Crippen LogP contribution is -2.45. The number of methoxy groups -OCH3 is 4. The van der Waals surface area contributed by atoms with E-state index in [0.29, 0.717) is 101 Å². The van der Waals surface area contributed by atoms with Crippen LogP contribution in [0.1, 0.15) is 122 Å². The summed E-state index contributed by atoms with van der Waals surface area (Å²) in [5.74, 6) is -4.78. The molecule has 0 spiro atoms. The van der Waals surface area contributed by atoms with Gasteiger partial charge in [0.15, 0.2) is 5.78 Å². The molecule has 3 aromatic heterocycles. The number of hydrogen-bond acceptors (Lipinski definition) is 15. The fourth-order valence-electron chi connectivity index (χ4n) is 17.3. The van der Waals surface area contributed by atoms with Crippen LogP contribution < -0.4 is 5.48 Å². The van der Waals surface area contributed by atoms with Crippen molar-refractivity contribution in [2.45, 2.75) is 138 Å². The van der Waals surface area contributed by atoms with Gasteiger partial charge in [-0.3, -0.25) is 38.8 Å². The molecular weight excluding hydrogens is 1480 g/mol. The van der Waals surface area contributed by atoms with E-state index < -0.39 is 62.8 Å². The van der Waals surface area contributed by atoms with E-state index in [2.05, 4.69) is 15.3 Å². The van der Waals surface area contributed by atoms with E-state index in [0.717, 1.165) is 50.8 Å². The molecule has 0 bridgehead atoms. The molecule has 1 unspecified atom stereocenters. The van der Waals surface area contributed by atoms with Gasteiger partial charge in [0, 0.05) is 69.1 Å². The number of carbonyl (C=O) groups is 7. The Balaban J connectivity index is 0.000000134. The van der Waals surface area contributed by atoms with Crippen LogP contribution in [0, 0.1) is 63.7 Å². The van der Waals surface area contributed by atoms with E-state index >= 15 is 0 Å². The zero-order valence-corrected chi connectivity index (χ0v) is 64.9. The van der Waals surface area contributed by atoms with Crippen LogP contribution in [0.15, 0.2) is 201 Å². The Morgan fingerprint density at radius 3 is 1.05 bits per heavy atom. The van der Waals surface area contributed by atoms with Gasteiger partial charge in [-0.25, -0.2) is 41.5 Å². The summed E-state index contributed by atoms with van der Waals surface area (Å²) in [4.78, 5) is 85.6. The molecule has 594 valence electrons. The van der Waals surface area contributed by atoms with Crippen molar-refractivity contribution in [3.63, 3.8) is 0 Å². The number of hydroxylamine groups is 1. The average molecular weight is 1570 g/mol. The van der Waals surface area contributed by atoms with Gasteiger partial charge in [0.1, 0.15) is 62.6 Å². The summed E-state index contributed by atoms with van der Waals surface area (Å²) in [5, 5.41) is 32.7. The van der Waals surface area contributed by atoms with Crippen LogP contribution in [-0.4, -0.2) is 116 Å². The number of ketones is 2. The van der Waals surface area contributed by atoms with Crippen LogP contribution in [0.25, 0.3) is 17.1 Å². The van der Waals surface area contributed by atoms with Crippen molar-refractivity contribution >= 4 is 41.4 Å². The average Bonchev–Trinajstić information content (AvgIpc) is 1.60. The molecule has 25 heteroatoms. The second-order valence-electron chi connectivity index (χ2n) is 29.6. The van der Waals surface area contributed by atoms with Crippen LogP contribution in [0.5, 0.6) is 0 Å². The summed E-state index contributed by atoms with van der Waals surface area (Å²) >= 11 is 0. The SMILES string of the molecule is COC(=O)[C@@]1(c2cccc(F)c2C)CCC(=O)C1.COC(=O)[C@@]1(c2cccc(F)c2C)Cc2cnn(-c3ccccc3)c2C1.COC(=O)[C@]1(c2cccc(F)c2C)CC(=O)C(OC)C1.Cc1c(F)cccc1[C@]1(C(=O)NO)Cc2cnn(-c3ccccc3)c2C1.Cc1c(F)cccc1[C@]1(C(=O)O)Cc2cnn(-c3ccccc3)c2C1. The number of esters is 3. The van der Waals surface area contributed by atoms with Crippen molar-refractivity contribution in [2.75, 3.05) is 28.4 Å². The van der Waals surface area contributed by atoms with Gasteiger partial charge in [0.25, 0.3) is 5.91 Å². The number of aliphatic carboxylic acids is 1. The number of fused-ring (bicyclic) bond motifs is 3. The molecule has 0 radical (unpaired) electrons. The molecule has 5 aliphatic rings. The second-order valence-corrected chi connectivity index (χ2v) is 29.6. The van der Waals surface area contributed by atoms with Gasteiger partial charge in [-0.1, -0.05) is 115 Å². The third-order valence-corrected chi connectivity index (χ3v) is 23.3. The van der Waals surface area contributed by atoms with Crippen molar-refractivity contribution in [1.29, 1.82) is 0 Å². The summed E-state index contributed by atoms with van der Waals surface area (Å²) < 4.78 is 95.2. The van der Waals surface area contributed by atoms with Gasteiger partial charge in [-0.2, -0.15) is 15.3 Å². The Hall–Kier alpha value is -12.4. The van der Waals surface area contributed by atoms with Gasteiger partial charge in [0.05, 0.1) is 62.4 Å². The number of halogens is 5. The standard InChI is InChI=1S/C21H19FN2O2.C20H18FN3O2.C20H17FN2O2.C15H17FO4.C14H15FO3/c1-14-17(9-6-10-18(14)22)21(20(25)26-2)11-15-13-23-24(19(15)12-21)16-7-4-3-5-8-16;1-13-16(8-5-9-17(13)21)20(19(25)23-26)10-14-12-22-24(18(14)11-20)15-6-3-2-4-7-15;1-13-16(8-5-9-17(13)21)20(19(24)25)10-14-12-22-23(18(14)11-20)15-6-3-2-4-7-15;1-9-10(5-4-6-11(9)16)15(14(18)20-3)7-12(17)13(8-15)19-2;1-9-11(4-3-5-12(9)15)14(13(17)18-2)7-6-10(16)8-14/h3-10,13H,11-12H2,1-2H3;2-9,12,26H,10-11H2,1H3,(H,23,25);2-9,12H,10-11H2,1H3,(H,24,25);4-6,13H,7-8H2,1-3H3;3-5H,6-8H2,1-2H3/t21-;2*20-;13?,15-;14-/m00010/s1. The fourth-order valence-corrected chi connectivity index (χ4v) is 17.3. The number of carboxylic acid groups (broad SMARTS) is 1. The van der Waals surface area contributed by atoms with Crippen molar-refractivity contribution < 1.29 is 84.8 Å². The molecule has 1 amide bonds. The Kier molecular flexibility index (Phi) is 24.1. The minimum absolute atomic E-state index is 0.0176. The summed E-state index contributed by atoms with van der Waals surface area (Å²) in [5.41, 5.74) is 9.68. The smallest absolute Gasteiger partial charge is 0.317 e. The maximum absolute atomic E-state index is 14.2. The van der Waals surface area contributed by atoms with Crippen LogP contribution in [0.3, 0.4) is 0 Å². The zero-order valence-electron chi connectivity index (χ0n) is 64.9. The number of carboxylic acids is 1. The molecule has 3 heterocycles. The number of aromatic nitrogens is 6. The number of para-hydroxylation sites is 3. The molecule has 2 saturated carbocycles. The van der Waals surface area contributed by atoms with E-state index in [1.807, 2.05) is 102 Å². The minimum Gasteiger partial charge on any atom is -0.481 e. The summed E-state index contributed by atoms with van der Waals surface area (Å²) in [6, 6.07) is 52.4. The van der Waals surface area contributed by atoms with Gasteiger partial charge < -0.3 is 24.1 Å². The van der Waals surface area contributed by atoms with Gasteiger partial charge in [-0.05, 0) is 199 Å². The van der Waals surface area contributed by atoms with Gasteiger partial charge in [0.2, 0.25) is 0 Å². The van der Waals surface area contributed by atoms with Crippen LogP contribution in [0.4, 0.5) is 22.0 Å². The molecule has 3 N–H and O–H groups in total. The molecule has 5 aliphatic carbocycles. The third-order valence-electron chi connectivity index (χ3n) is 23.3. The molecule has 115 heavy (non-hydrogen) atoms. The number of ether oxygens (including phenoxy) is 4. The number of hydrogen-bond donors (Lipinski definition) is 3.